The lowest BCUT2D eigenvalue weighted by molar-refractivity contribution is 0.100. The molecule has 1 aromatic carbocycles. The number of halogens is 1. The van der Waals surface area contributed by atoms with Gasteiger partial charge in [0.1, 0.15) is 16.5 Å². The highest BCUT2D eigenvalue weighted by molar-refractivity contribution is 7.17. The number of rotatable bonds is 7. The minimum Gasteiger partial charge on any atom is -0.372 e. The molecule has 0 radical (unpaired) electrons. The maximum absolute atomic E-state index is 11.5. The van der Waals surface area contributed by atoms with Gasteiger partial charge in [-0.3, -0.25) is 4.79 Å². The Morgan fingerprint density at radius 2 is 2.31 bits per heavy atom. The summed E-state index contributed by atoms with van der Waals surface area (Å²) in [7, 11) is 2.19. The quantitative estimate of drug-likeness (QED) is 0.571. The van der Waals surface area contributed by atoms with E-state index in [1.807, 2.05) is 36.1 Å². The maximum atomic E-state index is 11.5. The van der Waals surface area contributed by atoms with Gasteiger partial charge < -0.3 is 26.2 Å². The molecule has 3 heterocycles. The summed E-state index contributed by atoms with van der Waals surface area (Å²) in [5.74, 6) is 1.08. The van der Waals surface area contributed by atoms with Crippen molar-refractivity contribution in [2.45, 2.75) is 32.2 Å². The van der Waals surface area contributed by atoms with Crippen LogP contribution in [0.1, 0.15) is 34.5 Å². The molecule has 1 atom stereocenters. The van der Waals surface area contributed by atoms with Gasteiger partial charge in [0.05, 0.1) is 23.6 Å². The predicted molar refractivity (Wildman–Crippen MR) is 131 cm³/mol. The zero-order valence-electron chi connectivity index (χ0n) is 18.3. The van der Waals surface area contributed by atoms with Gasteiger partial charge in [0.2, 0.25) is 5.13 Å². The molecule has 0 aliphatic carbocycles. The van der Waals surface area contributed by atoms with Crippen LogP contribution >= 0.6 is 22.9 Å². The van der Waals surface area contributed by atoms with Crippen molar-refractivity contribution < 1.29 is 4.79 Å². The standard InChI is InChI=1S/C22H28ClN7OS/c1-14-5-3-7-16(23)20(14)30-13-27-18(25-9-8-15-6-4-10-29(15)2)11-19(30)28-22-26-12-17(32-22)21(24)31/h3,5,7,11-12,15,25,27H,4,6,8-10,13H2,1-2H3,(H2,24,31). The minimum atomic E-state index is -0.507. The molecule has 2 aliphatic rings. The molecule has 2 aromatic rings. The van der Waals surface area contributed by atoms with Crippen molar-refractivity contribution in [3.63, 3.8) is 0 Å². The van der Waals surface area contributed by atoms with Crippen molar-refractivity contribution in [2.24, 2.45) is 10.7 Å². The fourth-order valence-corrected chi connectivity index (χ4v) is 5.09. The van der Waals surface area contributed by atoms with E-state index in [0.717, 1.165) is 30.0 Å². The number of carbonyl (C=O) groups excluding carboxylic acids is 1. The van der Waals surface area contributed by atoms with E-state index in [2.05, 4.69) is 27.6 Å². The smallest absolute Gasteiger partial charge is 0.260 e. The lowest BCUT2D eigenvalue weighted by Crippen LogP contribution is -2.46. The second-order valence-corrected chi connectivity index (χ2v) is 9.48. The third-order valence-corrected chi connectivity index (χ3v) is 7.06. The number of nitrogens with one attached hydrogen (secondary N) is 2. The number of para-hydroxylation sites is 1. The van der Waals surface area contributed by atoms with Crippen LogP contribution in [0, 0.1) is 6.92 Å². The van der Waals surface area contributed by atoms with E-state index >= 15 is 0 Å². The Balaban J connectivity index is 1.58. The normalized spacial score (nSPS) is 20.3. The Hall–Kier alpha value is -2.62. The Labute approximate surface area is 197 Å². The van der Waals surface area contributed by atoms with Crippen LogP contribution in [0.4, 0.5) is 10.8 Å². The first-order valence-electron chi connectivity index (χ1n) is 10.7. The van der Waals surface area contributed by atoms with Crippen molar-refractivity contribution in [1.29, 1.82) is 0 Å². The van der Waals surface area contributed by atoms with E-state index in [-0.39, 0.29) is 0 Å². The first-order valence-corrected chi connectivity index (χ1v) is 11.9. The van der Waals surface area contributed by atoms with Crippen molar-refractivity contribution >= 4 is 45.5 Å². The van der Waals surface area contributed by atoms with E-state index in [1.54, 1.807) is 0 Å². The van der Waals surface area contributed by atoms with Gasteiger partial charge in [-0.25, -0.2) is 9.98 Å². The van der Waals surface area contributed by atoms with Gasteiger partial charge in [-0.1, -0.05) is 35.1 Å². The van der Waals surface area contributed by atoms with Crippen molar-refractivity contribution in [3.05, 3.63) is 51.8 Å². The number of aryl methyl sites for hydroxylation is 1. The Morgan fingerprint density at radius 1 is 1.47 bits per heavy atom. The molecule has 0 bridgehead atoms. The summed E-state index contributed by atoms with van der Waals surface area (Å²) >= 11 is 7.71. The van der Waals surface area contributed by atoms with Crippen LogP contribution in [-0.4, -0.2) is 54.5 Å². The molecule has 1 saturated heterocycles. The number of anilines is 1. The zero-order valence-corrected chi connectivity index (χ0v) is 19.8. The molecule has 2 aliphatic heterocycles. The molecule has 32 heavy (non-hydrogen) atoms. The number of hydrogen-bond donors (Lipinski definition) is 3. The summed E-state index contributed by atoms with van der Waals surface area (Å²) < 4.78 is 0. The van der Waals surface area contributed by atoms with Crippen LogP contribution in [-0.2, 0) is 0 Å². The molecule has 10 heteroatoms. The number of hydrogen-bond acceptors (Lipinski definition) is 7. The van der Waals surface area contributed by atoms with Crippen molar-refractivity contribution in [1.82, 2.24) is 20.5 Å². The molecule has 1 unspecified atom stereocenters. The third-order valence-electron chi connectivity index (χ3n) is 5.85. The van der Waals surface area contributed by atoms with Crippen molar-refractivity contribution in [3.8, 4) is 0 Å². The second-order valence-electron chi connectivity index (χ2n) is 8.06. The summed E-state index contributed by atoms with van der Waals surface area (Å²) in [5.41, 5.74) is 7.30. The van der Waals surface area contributed by atoms with Crippen LogP contribution in [0.3, 0.4) is 0 Å². The highest BCUT2D eigenvalue weighted by atomic mass is 35.5. The number of aromatic nitrogens is 1. The van der Waals surface area contributed by atoms with Gasteiger partial charge in [-0.05, 0) is 51.4 Å². The molecular formula is C22H28ClN7OS. The van der Waals surface area contributed by atoms with Gasteiger partial charge in [-0.15, -0.1) is 0 Å². The number of likely N-dealkylation sites (tertiary alicyclic amines) is 1. The number of amidine groups is 1. The topological polar surface area (TPSA) is 98.9 Å². The predicted octanol–water partition coefficient (Wildman–Crippen LogP) is 3.22. The molecule has 4 N–H and O–H groups in total. The first-order chi connectivity index (χ1) is 15.4. The number of nitrogens with two attached hydrogens (primary N) is 1. The number of amides is 1. The fourth-order valence-electron chi connectivity index (χ4n) is 4.11. The van der Waals surface area contributed by atoms with E-state index in [9.17, 15) is 4.79 Å². The Morgan fingerprint density at radius 3 is 3.00 bits per heavy atom. The minimum absolute atomic E-state index is 0.377. The van der Waals surface area contributed by atoms with Gasteiger partial charge in [0.25, 0.3) is 5.91 Å². The number of carbonyl (C=O) groups is 1. The molecule has 8 nitrogen and oxygen atoms in total. The van der Waals surface area contributed by atoms with E-state index in [4.69, 9.17) is 22.3 Å². The molecule has 1 amide bonds. The molecule has 1 fully saturated rings. The molecule has 1 aromatic heterocycles. The number of benzene rings is 1. The monoisotopic (exact) mass is 473 g/mol. The number of aliphatic imine (C=N–C) groups is 1. The number of primary amides is 1. The Bertz CT molecular complexity index is 1030. The van der Waals surface area contributed by atoms with E-state index < -0.39 is 5.91 Å². The summed E-state index contributed by atoms with van der Waals surface area (Å²) in [6.07, 6.45) is 7.02. The number of nitrogens with zero attached hydrogens (tertiary/aromatic N) is 4. The summed E-state index contributed by atoms with van der Waals surface area (Å²) in [6, 6.07) is 6.44. The highest BCUT2D eigenvalue weighted by Crippen LogP contribution is 2.32. The van der Waals surface area contributed by atoms with Crippen LogP contribution in [0.5, 0.6) is 0 Å². The van der Waals surface area contributed by atoms with Crippen LogP contribution < -0.4 is 21.3 Å². The molecule has 4 rings (SSSR count). The fraction of sp³-hybridized carbons (Fsp3) is 0.409. The molecule has 0 saturated carbocycles. The average molecular weight is 474 g/mol. The summed E-state index contributed by atoms with van der Waals surface area (Å²) in [5, 5.41) is 8.04. The average Bonchev–Trinajstić information content (AvgIpc) is 3.38. The summed E-state index contributed by atoms with van der Waals surface area (Å²) in [4.78, 5) is 25.3. The van der Waals surface area contributed by atoms with Crippen LogP contribution in [0.15, 0.2) is 41.3 Å². The Kier molecular flexibility index (Phi) is 6.98. The second kappa shape index (κ2) is 9.89. The SMILES string of the molecule is Cc1cccc(Cl)c1N1CNC(NCCC2CCCN2C)=CC1=Nc1ncc(C(N)=O)s1. The lowest BCUT2D eigenvalue weighted by atomic mass is 10.1. The largest absolute Gasteiger partial charge is 0.372 e. The molecule has 170 valence electrons. The lowest BCUT2D eigenvalue weighted by Gasteiger charge is -2.32. The van der Waals surface area contributed by atoms with Crippen LogP contribution in [0.2, 0.25) is 5.02 Å². The van der Waals surface area contributed by atoms with Gasteiger partial charge in [-0.2, -0.15) is 0 Å². The van der Waals surface area contributed by atoms with Crippen LogP contribution in [0.25, 0.3) is 0 Å². The number of thiazole rings is 1. The van der Waals surface area contributed by atoms with E-state index in [0.29, 0.717) is 33.6 Å². The van der Waals surface area contributed by atoms with Gasteiger partial charge in [0.15, 0.2) is 0 Å². The molecule has 0 spiro atoms. The van der Waals surface area contributed by atoms with Gasteiger partial charge in [0, 0.05) is 18.7 Å². The van der Waals surface area contributed by atoms with Crippen molar-refractivity contribution in [2.75, 3.05) is 31.7 Å². The van der Waals surface area contributed by atoms with Gasteiger partial charge >= 0.3 is 0 Å². The highest BCUT2D eigenvalue weighted by Gasteiger charge is 2.24. The third kappa shape index (κ3) is 5.06. The van der Waals surface area contributed by atoms with E-state index in [1.165, 1.54) is 36.9 Å². The zero-order chi connectivity index (χ0) is 22.7. The summed E-state index contributed by atoms with van der Waals surface area (Å²) in [6.45, 7) is 4.56. The first kappa shape index (κ1) is 22.6. The maximum Gasteiger partial charge on any atom is 0.260 e. The molecular weight excluding hydrogens is 446 g/mol.